The fourth-order valence-corrected chi connectivity index (χ4v) is 2.31. The van der Waals surface area contributed by atoms with Gasteiger partial charge in [-0.25, -0.2) is 0 Å². The largest absolute Gasteiger partial charge is 0.384 e. The van der Waals surface area contributed by atoms with Gasteiger partial charge in [0.15, 0.2) is 0 Å². The summed E-state index contributed by atoms with van der Waals surface area (Å²) < 4.78 is 0. The molecule has 96 valence electrons. The van der Waals surface area contributed by atoms with E-state index in [1.165, 1.54) is 5.56 Å². The lowest BCUT2D eigenvalue weighted by Gasteiger charge is -2.07. The Bertz CT molecular complexity index is 593. The predicted octanol–water partition coefficient (Wildman–Crippen LogP) is 2.58. The normalized spacial score (nSPS) is 12.6. The molecule has 0 fully saturated rings. The summed E-state index contributed by atoms with van der Waals surface area (Å²) in [6, 6.07) is 15.8. The third-order valence-corrected chi connectivity index (χ3v) is 3.38. The number of carbonyl (C=O) groups is 1. The van der Waals surface area contributed by atoms with Crippen molar-refractivity contribution in [2.45, 2.75) is 13.0 Å². The second-order valence-corrected chi connectivity index (χ2v) is 4.72. The van der Waals surface area contributed by atoms with Gasteiger partial charge in [0.05, 0.1) is 0 Å². The number of nitrogens with one attached hydrogen (secondary N) is 2. The fraction of sp³-hybridized carbons (Fsp3) is 0.188. The number of anilines is 1. The molecule has 0 radical (unpaired) electrons. The molecule has 1 amide bonds. The van der Waals surface area contributed by atoms with Crippen LogP contribution < -0.4 is 10.6 Å². The molecular weight excluding hydrogens is 236 g/mol. The van der Waals surface area contributed by atoms with Gasteiger partial charge in [-0.15, -0.1) is 0 Å². The van der Waals surface area contributed by atoms with Crippen LogP contribution in [0.2, 0.25) is 0 Å². The Morgan fingerprint density at radius 1 is 1.16 bits per heavy atom. The fourth-order valence-electron chi connectivity index (χ4n) is 2.31. The van der Waals surface area contributed by atoms with Crippen LogP contribution in [-0.2, 0) is 13.0 Å². The van der Waals surface area contributed by atoms with E-state index in [9.17, 15) is 4.79 Å². The Balaban J connectivity index is 1.67. The molecule has 3 nitrogen and oxygen atoms in total. The van der Waals surface area contributed by atoms with Crippen molar-refractivity contribution in [1.29, 1.82) is 0 Å². The van der Waals surface area contributed by atoms with Gasteiger partial charge in [0, 0.05) is 24.3 Å². The SMILES string of the molecule is O=C(NCc1ccccc1)c1ccc2c(c1)NCC2. The first-order chi connectivity index (χ1) is 9.33. The highest BCUT2D eigenvalue weighted by atomic mass is 16.1. The van der Waals surface area contributed by atoms with E-state index in [4.69, 9.17) is 0 Å². The van der Waals surface area contributed by atoms with Crippen LogP contribution in [0.15, 0.2) is 48.5 Å². The minimum absolute atomic E-state index is 0.0275. The summed E-state index contributed by atoms with van der Waals surface area (Å²) in [5, 5.41) is 6.23. The van der Waals surface area contributed by atoms with Gasteiger partial charge in [-0.1, -0.05) is 36.4 Å². The monoisotopic (exact) mass is 252 g/mol. The molecule has 3 heteroatoms. The van der Waals surface area contributed by atoms with Gasteiger partial charge >= 0.3 is 0 Å². The Labute approximate surface area is 112 Å². The van der Waals surface area contributed by atoms with Crippen molar-refractivity contribution in [1.82, 2.24) is 5.32 Å². The molecule has 0 unspecified atom stereocenters. The van der Waals surface area contributed by atoms with Crippen LogP contribution in [0.5, 0.6) is 0 Å². The summed E-state index contributed by atoms with van der Waals surface area (Å²) in [5.74, 6) is -0.0275. The number of rotatable bonds is 3. The molecular formula is C16H16N2O. The lowest BCUT2D eigenvalue weighted by Crippen LogP contribution is -2.22. The highest BCUT2D eigenvalue weighted by Crippen LogP contribution is 2.23. The lowest BCUT2D eigenvalue weighted by molar-refractivity contribution is 0.0951. The second-order valence-electron chi connectivity index (χ2n) is 4.72. The Morgan fingerprint density at radius 2 is 2.00 bits per heavy atom. The van der Waals surface area contributed by atoms with Crippen LogP contribution in [0.3, 0.4) is 0 Å². The number of hydrogen-bond acceptors (Lipinski definition) is 2. The van der Waals surface area contributed by atoms with Crippen molar-refractivity contribution in [3.63, 3.8) is 0 Å². The first-order valence-electron chi connectivity index (χ1n) is 6.52. The quantitative estimate of drug-likeness (QED) is 0.881. The average molecular weight is 252 g/mol. The van der Waals surface area contributed by atoms with E-state index in [0.717, 1.165) is 24.2 Å². The third-order valence-electron chi connectivity index (χ3n) is 3.38. The molecule has 0 aromatic heterocycles. The number of hydrogen-bond donors (Lipinski definition) is 2. The molecule has 3 rings (SSSR count). The van der Waals surface area contributed by atoms with Gasteiger partial charge in [0.25, 0.3) is 5.91 Å². The van der Waals surface area contributed by atoms with E-state index in [2.05, 4.69) is 10.6 Å². The van der Waals surface area contributed by atoms with E-state index >= 15 is 0 Å². The van der Waals surface area contributed by atoms with E-state index < -0.39 is 0 Å². The van der Waals surface area contributed by atoms with Gasteiger partial charge in [0.1, 0.15) is 0 Å². The molecule has 1 aliphatic heterocycles. The van der Waals surface area contributed by atoms with Crippen molar-refractivity contribution in [3.8, 4) is 0 Å². The first-order valence-corrected chi connectivity index (χ1v) is 6.52. The molecule has 2 aromatic carbocycles. The molecule has 0 aliphatic carbocycles. The van der Waals surface area contributed by atoms with E-state index in [-0.39, 0.29) is 5.91 Å². The summed E-state index contributed by atoms with van der Waals surface area (Å²) >= 11 is 0. The molecule has 0 atom stereocenters. The van der Waals surface area contributed by atoms with Gasteiger partial charge in [-0.3, -0.25) is 4.79 Å². The van der Waals surface area contributed by atoms with Gasteiger partial charge in [0.2, 0.25) is 0 Å². The van der Waals surface area contributed by atoms with Gasteiger partial charge < -0.3 is 10.6 Å². The molecule has 0 bridgehead atoms. The Morgan fingerprint density at radius 3 is 2.84 bits per heavy atom. The molecule has 2 aromatic rings. The van der Waals surface area contributed by atoms with Gasteiger partial charge in [-0.05, 0) is 29.7 Å². The maximum absolute atomic E-state index is 12.1. The maximum Gasteiger partial charge on any atom is 0.251 e. The summed E-state index contributed by atoms with van der Waals surface area (Å²) in [6.45, 7) is 1.52. The van der Waals surface area contributed by atoms with Crippen molar-refractivity contribution in [2.24, 2.45) is 0 Å². The summed E-state index contributed by atoms with van der Waals surface area (Å²) in [7, 11) is 0. The molecule has 2 N–H and O–H groups in total. The van der Waals surface area contributed by atoms with E-state index in [1.54, 1.807) is 0 Å². The highest BCUT2D eigenvalue weighted by molar-refractivity contribution is 5.95. The minimum atomic E-state index is -0.0275. The zero-order chi connectivity index (χ0) is 13.1. The minimum Gasteiger partial charge on any atom is -0.384 e. The second kappa shape index (κ2) is 5.14. The van der Waals surface area contributed by atoms with Crippen LogP contribution in [0.4, 0.5) is 5.69 Å². The molecule has 1 heterocycles. The molecule has 0 spiro atoms. The molecule has 19 heavy (non-hydrogen) atoms. The zero-order valence-corrected chi connectivity index (χ0v) is 10.6. The smallest absolute Gasteiger partial charge is 0.251 e. The van der Waals surface area contributed by atoms with Gasteiger partial charge in [-0.2, -0.15) is 0 Å². The van der Waals surface area contributed by atoms with Crippen molar-refractivity contribution in [3.05, 3.63) is 65.2 Å². The summed E-state index contributed by atoms with van der Waals surface area (Å²) in [4.78, 5) is 12.1. The number of amides is 1. The summed E-state index contributed by atoms with van der Waals surface area (Å²) in [5.41, 5.74) is 4.20. The van der Waals surface area contributed by atoms with Crippen molar-refractivity contribution in [2.75, 3.05) is 11.9 Å². The van der Waals surface area contributed by atoms with Crippen molar-refractivity contribution < 1.29 is 4.79 Å². The number of benzene rings is 2. The maximum atomic E-state index is 12.1. The Kier molecular flexibility index (Phi) is 3.19. The first kappa shape index (κ1) is 11.8. The van der Waals surface area contributed by atoms with E-state index in [0.29, 0.717) is 12.1 Å². The number of fused-ring (bicyclic) bond motifs is 1. The predicted molar refractivity (Wildman–Crippen MR) is 76.2 cm³/mol. The van der Waals surface area contributed by atoms with Crippen LogP contribution in [0.25, 0.3) is 0 Å². The zero-order valence-electron chi connectivity index (χ0n) is 10.6. The summed E-state index contributed by atoms with van der Waals surface area (Å²) in [6.07, 6.45) is 1.04. The standard InChI is InChI=1S/C16H16N2O/c19-16(18-11-12-4-2-1-3-5-12)14-7-6-13-8-9-17-15(13)10-14/h1-7,10,17H,8-9,11H2,(H,18,19). The molecule has 1 aliphatic rings. The van der Waals surface area contributed by atoms with Crippen LogP contribution in [-0.4, -0.2) is 12.5 Å². The van der Waals surface area contributed by atoms with Crippen LogP contribution in [0, 0.1) is 0 Å². The number of carbonyl (C=O) groups excluding carboxylic acids is 1. The van der Waals surface area contributed by atoms with Crippen LogP contribution >= 0.6 is 0 Å². The molecule has 0 saturated heterocycles. The third kappa shape index (κ3) is 2.60. The highest BCUT2D eigenvalue weighted by Gasteiger charge is 2.13. The topological polar surface area (TPSA) is 41.1 Å². The van der Waals surface area contributed by atoms with Crippen molar-refractivity contribution >= 4 is 11.6 Å². The average Bonchev–Trinajstić information content (AvgIpc) is 2.93. The Hall–Kier alpha value is -2.29. The lowest BCUT2D eigenvalue weighted by atomic mass is 10.1. The molecule has 0 saturated carbocycles. The van der Waals surface area contributed by atoms with Crippen LogP contribution in [0.1, 0.15) is 21.5 Å². The van der Waals surface area contributed by atoms with E-state index in [1.807, 2.05) is 48.5 Å².